The summed E-state index contributed by atoms with van der Waals surface area (Å²) in [5.74, 6) is -1.55. The first-order valence-electron chi connectivity index (χ1n) is 12.3. The highest BCUT2D eigenvalue weighted by molar-refractivity contribution is 7.92. The maximum absolute atomic E-state index is 13.1. The average molecular weight is 685 g/mol. The summed E-state index contributed by atoms with van der Waals surface area (Å²) in [6.45, 7) is 0.166. The van der Waals surface area contributed by atoms with E-state index in [2.05, 4.69) is 10.0 Å². The van der Waals surface area contributed by atoms with E-state index in [4.69, 9.17) is 34.8 Å². The standard InChI is InChI=1S/C26H23Cl3F3N3O5S2/c27-22-4-1-5-23(28)20(22)15-41(37,38)35-12-2-3-16(14-35)25(36)33-17-6-9-19(10-7-17)42(39,40)34-18-8-11-24(29)21(13-18)26(30,31)32/h1,4-11,13,16,34H,2-3,12,14-15H2,(H,33,36). The molecule has 1 aliphatic rings. The number of alkyl halides is 3. The molecule has 2 N–H and O–H groups in total. The van der Waals surface area contributed by atoms with E-state index in [-0.39, 0.29) is 45.0 Å². The molecule has 3 aromatic carbocycles. The minimum Gasteiger partial charge on any atom is -0.326 e. The second-order valence-corrected chi connectivity index (χ2v) is 14.3. The van der Waals surface area contributed by atoms with Gasteiger partial charge in [0.2, 0.25) is 15.9 Å². The van der Waals surface area contributed by atoms with Crippen LogP contribution in [0.3, 0.4) is 0 Å². The Kier molecular flexibility index (Phi) is 9.70. The molecule has 16 heteroatoms. The van der Waals surface area contributed by atoms with E-state index in [1.54, 1.807) is 18.2 Å². The number of sulfonamides is 2. The van der Waals surface area contributed by atoms with Gasteiger partial charge in [0.05, 0.1) is 27.2 Å². The van der Waals surface area contributed by atoms with Crippen LogP contribution in [-0.4, -0.2) is 40.1 Å². The molecule has 1 heterocycles. The number of amides is 1. The van der Waals surface area contributed by atoms with Crippen molar-refractivity contribution < 1.29 is 34.8 Å². The number of benzene rings is 3. The molecule has 0 saturated carbocycles. The quantitative estimate of drug-likeness (QED) is 0.276. The van der Waals surface area contributed by atoms with Crippen molar-refractivity contribution in [2.24, 2.45) is 5.92 Å². The van der Waals surface area contributed by atoms with E-state index in [1.807, 2.05) is 0 Å². The van der Waals surface area contributed by atoms with Crippen LogP contribution in [0.15, 0.2) is 65.6 Å². The highest BCUT2D eigenvalue weighted by atomic mass is 35.5. The summed E-state index contributed by atoms with van der Waals surface area (Å²) >= 11 is 17.9. The maximum Gasteiger partial charge on any atom is 0.417 e. The highest BCUT2D eigenvalue weighted by Gasteiger charge is 2.34. The number of carbonyl (C=O) groups excluding carboxylic acids is 1. The summed E-state index contributed by atoms with van der Waals surface area (Å²) in [6.07, 6.45) is -3.90. The van der Waals surface area contributed by atoms with Crippen molar-refractivity contribution in [1.29, 1.82) is 0 Å². The van der Waals surface area contributed by atoms with Crippen LogP contribution in [0.2, 0.25) is 15.1 Å². The molecule has 4 rings (SSSR count). The van der Waals surface area contributed by atoms with E-state index in [9.17, 15) is 34.8 Å². The van der Waals surface area contributed by atoms with Gasteiger partial charge in [0, 0.05) is 40.1 Å². The third kappa shape index (κ3) is 7.69. The lowest BCUT2D eigenvalue weighted by atomic mass is 9.99. The highest BCUT2D eigenvalue weighted by Crippen LogP contribution is 2.36. The Labute approximate surface area is 255 Å². The van der Waals surface area contributed by atoms with Crippen molar-refractivity contribution >= 4 is 72.1 Å². The fraction of sp³-hybridized carbons (Fsp3) is 0.269. The van der Waals surface area contributed by atoms with Gasteiger partial charge in [-0.3, -0.25) is 9.52 Å². The molecule has 1 aliphatic heterocycles. The number of rotatable bonds is 8. The number of hydrogen-bond donors (Lipinski definition) is 2. The topological polar surface area (TPSA) is 113 Å². The molecule has 0 radical (unpaired) electrons. The average Bonchev–Trinajstić information content (AvgIpc) is 2.91. The largest absolute Gasteiger partial charge is 0.417 e. The van der Waals surface area contributed by atoms with E-state index in [0.29, 0.717) is 18.9 Å². The number of carbonyl (C=O) groups is 1. The van der Waals surface area contributed by atoms with Gasteiger partial charge < -0.3 is 5.32 Å². The van der Waals surface area contributed by atoms with Gasteiger partial charge >= 0.3 is 6.18 Å². The summed E-state index contributed by atoms with van der Waals surface area (Å²) < 4.78 is 94.3. The van der Waals surface area contributed by atoms with Gasteiger partial charge in [0.25, 0.3) is 10.0 Å². The SMILES string of the molecule is O=C(Nc1ccc(S(=O)(=O)Nc2ccc(Cl)c(C(F)(F)F)c2)cc1)C1CCCN(S(=O)(=O)Cc2c(Cl)cccc2Cl)C1. The molecule has 42 heavy (non-hydrogen) atoms. The molecule has 3 aromatic rings. The van der Waals surface area contributed by atoms with Crippen molar-refractivity contribution in [1.82, 2.24) is 4.31 Å². The van der Waals surface area contributed by atoms with Crippen LogP contribution in [0, 0.1) is 5.92 Å². The van der Waals surface area contributed by atoms with E-state index in [1.165, 1.54) is 28.6 Å². The Morgan fingerprint density at radius 2 is 1.52 bits per heavy atom. The Morgan fingerprint density at radius 3 is 2.14 bits per heavy atom. The van der Waals surface area contributed by atoms with Crippen LogP contribution in [0.4, 0.5) is 24.5 Å². The van der Waals surface area contributed by atoms with Crippen LogP contribution in [-0.2, 0) is 36.8 Å². The zero-order chi connectivity index (χ0) is 30.9. The maximum atomic E-state index is 13.1. The van der Waals surface area contributed by atoms with Crippen LogP contribution < -0.4 is 10.0 Å². The summed E-state index contributed by atoms with van der Waals surface area (Å²) in [5.41, 5.74) is -1.01. The third-order valence-electron chi connectivity index (χ3n) is 6.49. The fourth-order valence-electron chi connectivity index (χ4n) is 4.33. The van der Waals surface area contributed by atoms with E-state index < -0.39 is 54.4 Å². The second-order valence-electron chi connectivity index (χ2n) is 9.47. The Morgan fingerprint density at radius 1 is 0.905 bits per heavy atom. The first-order valence-corrected chi connectivity index (χ1v) is 16.5. The monoisotopic (exact) mass is 683 g/mol. The lowest BCUT2D eigenvalue weighted by molar-refractivity contribution is -0.137. The molecule has 1 amide bonds. The third-order valence-corrected chi connectivity index (χ3v) is 10.7. The normalized spacial score (nSPS) is 16.7. The molecule has 0 aliphatic carbocycles. The Balaban J connectivity index is 1.41. The molecular weight excluding hydrogens is 662 g/mol. The van der Waals surface area contributed by atoms with Gasteiger partial charge in [-0.05, 0) is 67.4 Å². The molecule has 1 unspecified atom stereocenters. The summed E-state index contributed by atoms with van der Waals surface area (Å²) in [7, 11) is -8.12. The smallest absolute Gasteiger partial charge is 0.326 e. The number of anilines is 2. The van der Waals surface area contributed by atoms with E-state index >= 15 is 0 Å². The second kappa shape index (κ2) is 12.6. The van der Waals surface area contributed by atoms with Gasteiger partial charge in [-0.2, -0.15) is 13.2 Å². The number of nitrogens with zero attached hydrogens (tertiary/aromatic N) is 1. The Hall–Kier alpha value is -2.55. The summed E-state index contributed by atoms with van der Waals surface area (Å²) in [4.78, 5) is 12.7. The lowest BCUT2D eigenvalue weighted by Gasteiger charge is -2.31. The zero-order valence-corrected chi connectivity index (χ0v) is 25.4. The predicted octanol–water partition coefficient (Wildman–Crippen LogP) is 6.65. The number of halogens is 6. The molecule has 1 saturated heterocycles. The molecule has 1 atom stereocenters. The van der Waals surface area contributed by atoms with Crippen molar-refractivity contribution in [3.8, 4) is 0 Å². The van der Waals surface area contributed by atoms with Gasteiger partial charge in [-0.1, -0.05) is 40.9 Å². The van der Waals surface area contributed by atoms with Crippen LogP contribution >= 0.6 is 34.8 Å². The number of nitrogens with one attached hydrogen (secondary N) is 2. The zero-order valence-electron chi connectivity index (χ0n) is 21.5. The van der Waals surface area contributed by atoms with Gasteiger partial charge in [-0.25, -0.2) is 21.1 Å². The van der Waals surface area contributed by atoms with Crippen molar-refractivity contribution in [3.63, 3.8) is 0 Å². The molecule has 0 aromatic heterocycles. The first kappa shape index (κ1) is 32.4. The molecular formula is C26H23Cl3F3N3O5S2. The number of hydrogen-bond acceptors (Lipinski definition) is 5. The molecule has 1 fully saturated rings. The molecule has 0 bridgehead atoms. The van der Waals surface area contributed by atoms with Gasteiger partial charge in [-0.15, -0.1) is 0 Å². The first-order chi connectivity index (χ1) is 19.6. The predicted molar refractivity (Wildman–Crippen MR) is 156 cm³/mol. The molecule has 226 valence electrons. The molecule has 0 spiro atoms. The summed E-state index contributed by atoms with van der Waals surface area (Å²) in [5, 5.41) is 2.52. The van der Waals surface area contributed by atoms with E-state index in [0.717, 1.165) is 12.1 Å². The van der Waals surface area contributed by atoms with Crippen molar-refractivity contribution in [2.75, 3.05) is 23.1 Å². The van der Waals surface area contributed by atoms with Crippen LogP contribution in [0.1, 0.15) is 24.0 Å². The van der Waals surface area contributed by atoms with Crippen LogP contribution in [0.25, 0.3) is 0 Å². The number of piperidine rings is 1. The van der Waals surface area contributed by atoms with Crippen LogP contribution in [0.5, 0.6) is 0 Å². The van der Waals surface area contributed by atoms with Crippen molar-refractivity contribution in [3.05, 3.63) is 86.9 Å². The minimum atomic E-state index is -4.78. The summed E-state index contributed by atoms with van der Waals surface area (Å²) in [6, 6.07) is 12.3. The van der Waals surface area contributed by atoms with Gasteiger partial charge in [0.15, 0.2) is 0 Å². The van der Waals surface area contributed by atoms with Crippen molar-refractivity contribution in [2.45, 2.75) is 29.7 Å². The Bertz CT molecular complexity index is 1680. The van der Waals surface area contributed by atoms with Gasteiger partial charge in [0.1, 0.15) is 0 Å². The minimum absolute atomic E-state index is 0.0619. The lowest BCUT2D eigenvalue weighted by Crippen LogP contribution is -2.44. The molecule has 8 nitrogen and oxygen atoms in total. The fourth-order valence-corrected chi connectivity index (χ4v) is 7.97.